The maximum atomic E-state index is 12.2. The fraction of sp³-hybridized carbons (Fsp3) is 0.118. The van der Waals surface area contributed by atoms with Gasteiger partial charge in [0.15, 0.2) is 0 Å². The van der Waals surface area contributed by atoms with Crippen LogP contribution in [-0.4, -0.2) is 24.2 Å². The number of aliphatic hydroxyl groups is 1. The molecule has 0 aliphatic heterocycles. The molecule has 0 fully saturated rings. The lowest BCUT2D eigenvalue weighted by atomic mass is 10.2. The topological polar surface area (TPSA) is 40.5 Å². The third-order valence-electron chi connectivity index (χ3n) is 2.88. The lowest BCUT2D eigenvalue weighted by Gasteiger charge is -2.20. The molecule has 0 unspecified atom stereocenters. The van der Waals surface area contributed by atoms with Gasteiger partial charge in [-0.2, -0.15) is 0 Å². The van der Waals surface area contributed by atoms with Gasteiger partial charge in [0, 0.05) is 18.3 Å². The maximum Gasteiger partial charge on any atom is 0.251 e. The summed E-state index contributed by atoms with van der Waals surface area (Å²) in [5.74, 6) is -0.144. The molecule has 3 nitrogen and oxygen atoms in total. The highest BCUT2D eigenvalue weighted by molar-refractivity contribution is 6.03. The summed E-state index contributed by atoms with van der Waals surface area (Å²) in [4.78, 5) is 13.8. The van der Waals surface area contributed by atoms with Crippen LogP contribution in [0.4, 0.5) is 5.69 Å². The molecule has 0 bridgehead atoms. The Kier molecular flexibility index (Phi) is 5.09. The van der Waals surface area contributed by atoms with E-state index in [1.165, 1.54) is 6.08 Å². The average Bonchev–Trinajstić information content (AvgIpc) is 2.52. The number of aliphatic hydroxyl groups excluding tert-OH is 1. The second-order valence-corrected chi connectivity index (χ2v) is 4.29. The van der Waals surface area contributed by atoms with Crippen LogP contribution in [0.1, 0.15) is 5.56 Å². The van der Waals surface area contributed by atoms with Crippen molar-refractivity contribution < 1.29 is 9.90 Å². The molecule has 102 valence electrons. The molecule has 1 N–H and O–H groups in total. The second-order valence-electron chi connectivity index (χ2n) is 4.29. The number of amides is 1. The first kappa shape index (κ1) is 14.0. The Hall–Kier alpha value is -2.39. The summed E-state index contributed by atoms with van der Waals surface area (Å²) >= 11 is 0. The van der Waals surface area contributed by atoms with Crippen LogP contribution < -0.4 is 4.90 Å². The lowest BCUT2D eigenvalue weighted by Crippen LogP contribution is -2.31. The van der Waals surface area contributed by atoms with Crippen LogP contribution in [0, 0.1) is 0 Å². The van der Waals surface area contributed by atoms with Crippen molar-refractivity contribution in [3.8, 4) is 0 Å². The number of anilines is 1. The van der Waals surface area contributed by atoms with Gasteiger partial charge in [0.1, 0.15) is 0 Å². The molecule has 0 saturated carbocycles. The van der Waals surface area contributed by atoms with Crippen molar-refractivity contribution in [2.75, 3.05) is 18.1 Å². The van der Waals surface area contributed by atoms with Gasteiger partial charge in [-0.05, 0) is 23.8 Å². The van der Waals surface area contributed by atoms with Gasteiger partial charge in [-0.15, -0.1) is 0 Å². The Morgan fingerprint density at radius 1 is 1.00 bits per heavy atom. The van der Waals surface area contributed by atoms with Gasteiger partial charge in [-0.1, -0.05) is 48.5 Å². The molecule has 0 aliphatic carbocycles. The van der Waals surface area contributed by atoms with Gasteiger partial charge in [-0.25, -0.2) is 0 Å². The maximum absolute atomic E-state index is 12.2. The van der Waals surface area contributed by atoms with Gasteiger partial charge in [0.05, 0.1) is 6.61 Å². The number of rotatable bonds is 5. The molecule has 20 heavy (non-hydrogen) atoms. The van der Waals surface area contributed by atoms with Gasteiger partial charge in [0.2, 0.25) is 0 Å². The van der Waals surface area contributed by atoms with Crippen LogP contribution in [0.3, 0.4) is 0 Å². The van der Waals surface area contributed by atoms with Gasteiger partial charge in [-0.3, -0.25) is 4.79 Å². The standard InChI is InChI=1S/C17H17NO2/c19-14-13-18(16-9-5-2-6-10-16)17(20)12-11-15-7-3-1-4-8-15/h1-12,19H,13-14H2. The Bertz CT molecular complexity index is 564. The quantitative estimate of drug-likeness (QED) is 0.846. The fourth-order valence-electron chi connectivity index (χ4n) is 1.90. The highest BCUT2D eigenvalue weighted by Gasteiger charge is 2.11. The first-order valence-corrected chi connectivity index (χ1v) is 6.52. The fourth-order valence-corrected chi connectivity index (χ4v) is 1.90. The summed E-state index contributed by atoms with van der Waals surface area (Å²) in [5, 5.41) is 9.11. The second kappa shape index (κ2) is 7.26. The summed E-state index contributed by atoms with van der Waals surface area (Å²) in [6.07, 6.45) is 3.30. The number of para-hydroxylation sites is 1. The minimum absolute atomic E-state index is 0.0696. The van der Waals surface area contributed by atoms with Crippen LogP contribution in [0.25, 0.3) is 6.08 Å². The minimum atomic E-state index is -0.144. The molecule has 0 radical (unpaired) electrons. The van der Waals surface area contributed by atoms with Crippen LogP contribution >= 0.6 is 0 Å². The predicted octanol–water partition coefficient (Wildman–Crippen LogP) is 2.73. The van der Waals surface area contributed by atoms with E-state index in [4.69, 9.17) is 5.11 Å². The van der Waals surface area contributed by atoms with E-state index in [1.54, 1.807) is 11.0 Å². The van der Waals surface area contributed by atoms with Gasteiger partial charge >= 0.3 is 0 Å². The monoisotopic (exact) mass is 267 g/mol. The van der Waals surface area contributed by atoms with Crippen molar-refractivity contribution in [2.24, 2.45) is 0 Å². The molecule has 2 aromatic carbocycles. The van der Waals surface area contributed by atoms with Crippen LogP contribution in [0.15, 0.2) is 66.7 Å². The Balaban J connectivity index is 2.14. The molecule has 2 rings (SSSR count). The first-order valence-electron chi connectivity index (χ1n) is 6.52. The molecule has 2 aromatic rings. The van der Waals surface area contributed by atoms with E-state index >= 15 is 0 Å². The number of hydrogen-bond acceptors (Lipinski definition) is 2. The molecule has 1 amide bonds. The highest BCUT2D eigenvalue weighted by atomic mass is 16.3. The molecule has 0 aliphatic rings. The summed E-state index contributed by atoms with van der Waals surface area (Å²) in [7, 11) is 0. The van der Waals surface area contributed by atoms with E-state index < -0.39 is 0 Å². The Labute approximate surface area is 118 Å². The van der Waals surface area contributed by atoms with E-state index in [2.05, 4.69) is 0 Å². The molecule has 0 aromatic heterocycles. The molecule has 0 spiro atoms. The van der Waals surface area contributed by atoms with Gasteiger partial charge in [0.25, 0.3) is 5.91 Å². The van der Waals surface area contributed by atoms with Crippen LogP contribution in [0.2, 0.25) is 0 Å². The SMILES string of the molecule is O=C(C=Cc1ccccc1)N(CCO)c1ccccc1. The smallest absolute Gasteiger partial charge is 0.251 e. The molecule has 0 saturated heterocycles. The molecule has 0 heterocycles. The van der Waals surface area contributed by atoms with Crippen LogP contribution in [-0.2, 0) is 4.79 Å². The zero-order valence-corrected chi connectivity index (χ0v) is 11.1. The number of benzene rings is 2. The predicted molar refractivity (Wildman–Crippen MR) is 81.4 cm³/mol. The van der Waals surface area contributed by atoms with E-state index in [0.717, 1.165) is 11.3 Å². The first-order chi connectivity index (χ1) is 9.81. The number of carbonyl (C=O) groups is 1. The Morgan fingerprint density at radius 3 is 2.20 bits per heavy atom. The summed E-state index contributed by atoms with van der Waals surface area (Å²) < 4.78 is 0. The third-order valence-corrected chi connectivity index (χ3v) is 2.88. The number of hydrogen-bond donors (Lipinski definition) is 1. The zero-order chi connectivity index (χ0) is 14.2. The summed E-state index contributed by atoms with van der Waals surface area (Å²) in [6.45, 7) is 0.210. The van der Waals surface area contributed by atoms with Crippen molar-refractivity contribution in [1.82, 2.24) is 0 Å². The normalized spacial score (nSPS) is 10.7. The summed E-state index contributed by atoms with van der Waals surface area (Å²) in [6, 6.07) is 19.0. The van der Waals surface area contributed by atoms with Crippen molar-refractivity contribution in [1.29, 1.82) is 0 Å². The van der Waals surface area contributed by atoms with Gasteiger partial charge < -0.3 is 10.0 Å². The lowest BCUT2D eigenvalue weighted by molar-refractivity contribution is -0.114. The largest absolute Gasteiger partial charge is 0.395 e. The number of nitrogens with zero attached hydrogens (tertiary/aromatic N) is 1. The molecular formula is C17H17NO2. The minimum Gasteiger partial charge on any atom is -0.395 e. The third kappa shape index (κ3) is 3.80. The Morgan fingerprint density at radius 2 is 1.60 bits per heavy atom. The van der Waals surface area contributed by atoms with Crippen molar-refractivity contribution in [2.45, 2.75) is 0 Å². The highest BCUT2D eigenvalue weighted by Crippen LogP contribution is 2.14. The van der Waals surface area contributed by atoms with Crippen molar-refractivity contribution >= 4 is 17.7 Å². The zero-order valence-electron chi connectivity index (χ0n) is 11.1. The van der Waals surface area contributed by atoms with E-state index in [0.29, 0.717) is 0 Å². The van der Waals surface area contributed by atoms with E-state index in [9.17, 15) is 4.79 Å². The van der Waals surface area contributed by atoms with Crippen molar-refractivity contribution in [3.63, 3.8) is 0 Å². The summed E-state index contributed by atoms with van der Waals surface area (Å²) in [5.41, 5.74) is 1.75. The molecule has 3 heteroatoms. The molecule has 0 atom stereocenters. The molecular weight excluding hydrogens is 250 g/mol. The van der Waals surface area contributed by atoms with E-state index in [-0.39, 0.29) is 19.1 Å². The van der Waals surface area contributed by atoms with Crippen molar-refractivity contribution in [3.05, 3.63) is 72.3 Å². The number of carbonyl (C=O) groups excluding carboxylic acids is 1. The average molecular weight is 267 g/mol. The van der Waals surface area contributed by atoms with E-state index in [1.807, 2.05) is 60.7 Å². The van der Waals surface area contributed by atoms with Crippen LogP contribution in [0.5, 0.6) is 0 Å².